The van der Waals surface area contributed by atoms with Crippen molar-refractivity contribution >= 4 is 6.09 Å². The number of fused-ring (bicyclic) bond motifs is 1. The normalized spacial score (nSPS) is 24.2. The van der Waals surface area contributed by atoms with Crippen molar-refractivity contribution in [2.24, 2.45) is 11.8 Å². The van der Waals surface area contributed by atoms with Crippen molar-refractivity contribution in [3.63, 3.8) is 0 Å². The van der Waals surface area contributed by atoms with E-state index in [0.29, 0.717) is 13.0 Å². The molecule has 6 heteroatoms. The van der Waals surface area contributed by atoms with Gasteiger partial charge in [-0.2, -0.15) is 0 Å². The highest BCUT2D eigenvalue weighted by Gasteiger charge is 2.47. The third-order valence-electron chi connectivity index (χ3n) is 5.96. The quantitative estimate of drug-likeness (QED) is 0.368. The SMILES string of the molecule is CCCCC[C@@H]1CC=C2[C@@H](CCCN2C(=O)OCc2ccccc2)[C@H]1[N+](=O)[O-]. The van der Waals surface area contributed by atoms with Gasteiger partial charge in [-0.05, 0) is 31.2 Å². The second kappa shape index (κ2) is 9.71. The lowest BCUT2D eigenvalue weighted by Crippen LogP contribution is -2.48. The first-order valence-electron chi connectivity index (χ1n) is 10.4. The maximum Gasteiger partial charge on any atom is 0.414 e. The van der Waals surface area contributed by atoms with E-state index in [2.05, 4.69) is 13.0 Å². The fourth-order valence-corrected chi connectivity index (χ4v) is 4.55. The predicted molar refractivity (Wildman–Crippen MR) is 107 cm³/mol. The molecular formula is C22H30N2O4. The number of allylic oxidation sites excluding steroid dienone is 1. The molecule has 0 saturated carbocycles. The standard InChI is InChI=1S/C22H30N2O4/c1-2-3-5-11-18-13-14-20-19(21(18)24(26)27)12-8-15-23(20)22(25)28-16-17-9-6-4-7-10-17/h4,6-7,9-10,14,18-19,21H,2-3,5,8,11-13,15-16H2,1H3/t18-,19-,21+/m1/s1. The third kappa shape index (κ3) is 4.72. The number of ether oxygens (including phenoxy) is 1. The number of benzene rings is 1. The van der Waals surface area contributed by atoms with Crippen LogP contribution in [0.4, 0.5) is 4.79 Å². The average Bonchev–Trinajstić information content (AvgIpc) is 2.72. The second-order valence-electron chi connectivity index (χ2n) is 7.84. The van der Waals surface area contributed by atoms with E-state index in [1.165, 1.54) is 0 Å². The second-order valence-corrected chi connectivity index (χ2v) is 7.84. The zero-order valence-electron chi connectivity index (χ0n) is 16.6. The molecule has 1 aliphatic heterocycles. The van der Waals surface area contributed by atoms with Crippen LogP contribution < -0.4 is 0 Å². The number of rotatable bonds is 7. The Morgan fingerprint density at radius 1 is 1.29 bits per heavy atom. The molecule has 3 atom stereocenters. The monoisotopic (exact) mass is 386 g/mol. The van der Waals surface area contributed by atoms with Crippen molar-refractivity contribution in [2.75, 3.05) is 6.54 Å². The van der Waals surface area contributed by atoms with Crippen LogP contribution in [0.25, 0.3) is 0 Å². The van der Waals surface area contributed by atoms with Crippen molar-refractivity contribution in [1.29, 1.82) is 0 Å². The molecule has 1 heterocycles. The molecule has 1 amide bonds. The maximum absolute atomic E-state index is 12.7. The first kappa shape index (κ1) is 20.4. The van der Waals surface area contributed by atoms with Crippen molar-refractivity contribution in [3.8, 4) is 0 Å². The van der Waals surface area contributed by atoms with Crippen molar-refractivity contribution in [3.05, 3.63) is 57.8 Å². The Morgan fingerprint density at radius 2 is 2.07 bits per heavy atom. The van der Waals surface area contributed by atoms with Gasteiger partial charge in [0.15, 0.2) is 0 Å². The van der Waals surface area contributed by atoms with E-state index in [-0.39, 0.29) is 23.4 Å². The molecule has 1 aromatic rings. The van der Waals surface area contributed by atoms with E-state index in [4.69, 9.17) is 4.74 Å². The van der Waals surface area contributed by atoms with Gasteiger partial charge in [0, 0.05) is 23.1 Å². The van der Waals surface area contributed by atoms with Crippen molar-refractivity contribution in [2.45, 2.75) is 64.5 Å². The molecule has 0 radical (unpaired) electrons. The van der Waals surface area contributed by atoms with Crippen LogP contribution in [0.3, 0.4) is 0 Å². The summed E-state index contributed by atoms with van der Waals surface area (Å²) >= 11 is 0. The molecular weight excluding hydrogens is 356 g/mol. The summed E-state index contributed by atoms with van der Waals surface area (Å²) in [5.74, 6) is -0.121. The summed E-state index contributed by atoms with van der Waals surface area (Å²) in [7, 11) is 0. The van der Waals surface area contributed by atoms with E-state index in [1.807, 2.05) is 30.3 Å². The molecule has 152 valence electrons. The lowest BCUT2D eigenvalue weighted by molar-refractivity contribution is -0.542. The maximum atomic E-state index is 12.7. The van der Waals surface area contributed by atoms with E-state index < -0.39 is 12.1 Å². The van der Waals surface area contributed by atoms with Crippen molar-refractivity contribution in [1.82, 2.24) is 4.90 Å². The molecule has 0 unspecified atom stereocenters. The number of piperidine rings is 1. The molecule has 0 aromatic heterocycles. The summed E-state index contributed by atoms with van der Waals surface area (Å²) in [6.45, 7) is 2.93. The smallest absolute Gasteiger partial charge is 0.414 e. The summed E-state index contributed by atoms with van der Waals surface area (Å²) in [6, 6.07) is 8.96. The van der Waals surface area contributed by atoms with Crippen LogP contribution in [0.2, 0.25) is 0 Å². The molecule has 1 saturated heterocycles. The van der Waals surface area contributed by atoms with Gasteiger partial charge < -0.3 is 4.74 Å². The number of carbonyl (C=O) groups excluding carboxylic acids is 1. The molecule has 28 heavy (non-hydrogen) atoms. The number of nitrogens with zero attached hydrogens (tertiary/aromatic N) is 2. The van der Waals surface area contributed by atoms with Gasteiger partial charge in [-0.1, -0.05) is 62.6 Å². The lowest BCUT2D eigenvalue weighted by atomic mass is 9.73. The third-order valence-corrected chi connectivity index (χ3v) is 5.96. The summed E-state index contributed by atoms with van der Waals surface area (Å²) in [4.78, 5) is 26.1. The number of hydrogen-bond acceptors (Lipinski definition) is 4. The van der Waals surface area contributed by atoms with E-state index >= 15 is 0 Å². The Balaban J connectivity index is 1.69. The predicted octanol–water partition coefficient (Wildman–Crippen LogP) is 5.16. The van der Waals surface area contributed by atoms with Crippen LogP contribution in [-0.4, -0.2) is 28.5 Å². The summed E-state index contributed by atoms with van der Waals surface area (Å²) in [5, 5.41) is 11.9. The molecule has 0 bridgehead atoms. The van der Waals surface area contributed by atoms with E-state index in [9.17, 15) is 14.9 Å². The van der Waals surface area contributed by atoms with Crippen LogP contribution >= 0.6 is 0 Å². The molecule has 1 fully saturated rings. The minimum atomic E-state index is -0.596. The highest BCUT2D eigenvalue weighted by atomic mass is 16.6. The Kier molecular flexibility index (Phi) is 7.06. The first-order valence-corrected chi connectivity index (χ1v) is 10.4. The zero-order valence-corrected chi connectivity index (χ0v) is 16.6. The Labute approximate surface area is 166 Å². The molecule has 0 N–H and O–H groups in total. The molecule has 3 rings (SSSR count). The Hall–Kier alpha value is -2.37. The molecule has 1 aromatic carbocycles. The summed E-state index contributed by atoms with van der Waals surface area (Å²) in [5.41, 5.74) is 1.74. The number of likely N-dealkylation sites (tertiary alicyclic amines) is 1. The fourth-order valence-electron chi connectivity index (χ4n) is 4.55. The number of hydrogen-bond donors (Lipinski definition) is 0. The zero-order chi connectivity index (χ0) is 19.9. The number of nitro groups is 1. The number of carbonyl (C=O) groups is 1. The van der Waals surface area contributed by atoms with Crippen LogP contribution in [0, 0.1) is 22.0 Å². The van der Waals surface area contributed by atoms with E-state index in [0.717, 1.165) is 49.8 Å². The van der Waals surface area contributed by atoms with Crippen molar-refractivity contribution < 1.29 is 14.5 Å². The van der Waals surface area contributed by atoms with Gasteiger partial charge in [0.05, 0.1) is 5.92 Å². The first-order chi connectivity index (χ1) is 13.6. The van der Waals surface area contributed by atoms with Gasteiger partial charge in [0.2, 0.25) is 6.04 Å². The minimum absolute atomic E-state index is 0.0654. The molecule has 2 aliphatic rings. The number of unbranched alkanes of at least 4 members (excludes halogenated alkanes) is 2. The minimum Gasteiger partial charge on any atom is -0.444 e. The topological polar surface area (TPSA) is 72.7 Å². The van der Waals surface area contributed by atoms with Gasteiger partial charge in [0.1, 0.15) is 6.61 Å². The molecule has 0 spiro atoms. The highest BCUT2D eigenvalue weighted by molar-refractivity contribution is 5.70. The van der Waals surface area contributed by atoms with Gasteiger partial charge in [0.25, 0.3) is 0 Å². The Bertz CT molecular complexity index is 704. The van der Waals surface area contributed by atoms with Gasteiger partial charge >= 0.3 is 6.09 Å². The highest BCUT2D eigenvalue weighted by Crippen LogP contribution is 2.41. The van der Waals surface area contributed by atoms with Crippen LogP contribution in [0.1, 0.15) is 57.4 Å². The largest absolute Gasteiger partial charge is 0.444 e. The van der Waals surface area contributed by atoms with Gasteiger partial charge in [-0.15, -0.1) is 0 Å². The Morgan fingerprint density at radius 3 is 2.79 bits per heavy atom. The summed E-state index contributed by atoms with van der Waals surface area (Å²) < 4.78 is 5.49. The van der Waals surface area contributed by atoms with Crippen LogP contribution in [0.15, 0.2) is 42.1 Å². The number of amides is 1. The fraction of sp³-hybridized carbons (Fsp3) is 0.591. The molecule has 1 aliphatic carbocycles. The lowest BCUT2D eigenvalue weighted by Gasteiger charge is -2.40. The van der Waals surface area contributed by atoms with Gasteiger partial charge in [-0.25, -0.2) is 4.79 Å². The average molecular weight is 386 g/mol. The van der Waals surface area contributed by atoms with Crippen LogP contribution in [-0.2, 0) is 11.3 Å². The molecule has 6 nitrogen and oxygen atoms in total. The summed E-state index contributed by atoms with van der Waals surface area (Å²) in [6.07, 6.45) is 8.02. The van der Waals surface area contributed by atoms with Crippen LogP contribution in [0.5, 0.6) is 0 Å². The van der Waals surface area contributed by atoms with Gasteiger partial charge in [-0.3, -0.25) is 15.0 Å². The van der Waals surface area contributed by atoms with E-state index in [1.54, 1.807) is 4.90 Å².